The first kappa shape index (κ1) is 85.5. The van der Waals surface area contributed by atoms with Crippen LogP contribution in [0, 0.1) is 52.2 Å². The van der Waals surface area contributed by atoms with Gasteiger partial charge in [0.15, 0.2) is 0 Å². The van der Waals surface area contributed by atoms with Gasteiger partial charge in [0.25, 0.3) is 0 Å². The van der Waals surface area contributed by atoms with Gasteiger partial charge in [-0.05, 0) is 219 Å². The number of carbonyl (C=O) groups excluding carboxylic acids is 1. The zero-order chi connectivity index (χ0) is 78.9. The smallest absolute Gasteiger partial charge is 0.338 e. The number of nitrogen functional groups attached to an aromatic ring is 9. The van der Waals surface area contributed by atoms with Crippen LogP contribution in [0.2, 0.25) is 0 Å². The molecule has 0 radical (unpaired) electrons. The van der Waals surface area contributed by atoms with Crippen molar-refractivity contribution in [2.75, 3.05) is 83.9 Å². The molecule has 1 unspecified atom stereocenters. The number of hydrogen-bond donors (Lipinski definition) is 9. The maximum Gasteiger partial charge on any atom is 0.338 e. The molecule has 18 N–H and O–H groups in total. The number of hydrogen-bond acceptors (Lipinski definition) is 15. The number of rotatable bonds is 12. The molecule has 13 aromatic rings. The summed E-state index contributed by atoms with van der Waals surface area (Å²) >= 11 is 0. The standard InChI is InChI=1S/C18H16N2.C13H19NO3.C12H11N.C10H9N.C9H13N.2C8H11NO.C7H9N.C6H5F2N/c19-17-13-7-8-14-18(17)20(15-9-3-1-4-10-15)16-11-5-2-6-12-16;1-4-9(2)8-17-13(15)10-5-6-12(16-3)11(14)7-10;13-12-8-6-11(7-9-12)10-4-2-1-3-5-10;11-10-6-5-8-3-1-2-4-9(8)7-10;1-6-4-7(2)9(10)8(3)5-6;1-6-3-4-8(10-2)7(9)5-6;1-2-10-8-6-4-3-5-7(8)9;1-6-3-2-4-7(8)5-6;7-4-1-5(8)3-6(9)2-4/h1-14H,19H2;5-7,9H,4,8,14H2,1-3H3;1-9H,13H2;1-7H,11H2;4-5H,10H2,1-3H3;3-5H,9H2,1-2H3;3-6H,2,9H2,1H3;2-5H,8H2,1H3;1-3H,9H2. The first-order valence-corrected chi connectivity index (χ1v) is 35.1. The number of methoxy groups -OCH3 is 2. The fourth-order valence-electron chi connectivity index (χ4n) is 10.1. The summed E-state index contributed by atoms with van der Waals surface area (Å²) in [6, 6.07) is 93.6. The lowest BCUT2D eigenvalue weighted by Gasteiger charge is -2.26. The Morgan fingerprint density at radius 2 is 0.870 bits per heavy atom. The Bertz CT molecular complexity index is 4680. The van der Waals surface area contributed by atoms with Crippen LogP contribution in [-0.2, 0) is 4.74 Å². The summed E-state index contributed by atoms with van der Waals surface area (Å²) in [5, 5.41) is 2.44. The van der Waals surface area contributed by atoms with Crippen LogP contribution in [0.5, 0.6) is 17.2 Å². The van der Waals surface area contributed by atoms with E-state index in [9.17, 15) is 13.6 Å². The molecule has 0 bridgehead atoms. The third-order valence-corrected chi connectivity index (χ3v) is 15.9. The zero-order valence-electron chi connectivity index (χ0n) is 63.4. The molecule has 0 amide bonds. The van der Waals surface area contributed by atoms with E-state index in [1.807, 2.05) is 242 Å². The molecule has 108 heavy (non-hydrogen) atoms. The Morgan fingerprint density at radius 3 is 1.37 bits per heavy atom. The van der Waals surface area contributed by atoms with Gasteiger partial charge in [0, 0.05) is 45.9 Å². The highest BCUT2D eigenvalue weighted by molar-refractivity contribution is 5.91. The van der Waals surface area contributed by atoms with Gasteiger partial charge in [-0.2, -0.15) is 0 Å². The van der Waals surface area contributed by atoms with E-state index in [1.165, 1.54) is 51.3 Å². The van der Waals surface area contributed by atoms with Crippen molar-refractivity contribution in [2.45, 2.75) is 61.8 Å². The zero-order valence-corrected chi connectivity index (χ0v) is 63.4. The number of nitrogens with two attached hydrogens (primary N) is 9. The summed E-state index contributed by atoms with van der Waals surface area (Å²) in [5.74, 6) is 0.799. The van der Waals surface area contributed by atoms with Gasteiger partial charge < -0.3 is 75.5 Å². The molecule has 562 valence electrons. The normalized spacial score (nSPS) is 10.1. The number of aryl methyl sites for hydroxylation is 5. The molecule has 0 fully saturated rings. The number of nitrogens with zero attached hydrogens (tertiary/aromatic N) is 1. The van der Waals surface area contributed by atoms with Crippen LogP contribution in [-0.4, -0.2) is 33.4 Å². The molecule has 0 saturated heterocycles. The van der Waals surface area contributed by atoms with Gasteiger partial charge in [-0.1, -0.05) is 190 Å². The second kappa shape index (κ2) is 45.8. The lowest BCUT2D eigenvalue weighted by atomic mass is 10.1. The summed E-state index contributed by atoms with van der Waals surface area (Å²) in [6.45, 7) is 17.3. The van der Waals surface area contributed by atoms with E-state index < -0.39 is 11.6 Å². The minimum atomic E-state index is -0.646. The quantitative estimate of drug-likeness (QED) is 0.0406. The first-order valence-electron chi connectivity index (χ1n) is 35.1. The van der Waals surface area contributed by atoms with Gasteiger partial charge in [0.2, 0.25) is 0 Å². The van der Waals surface area contributed by atoms with Crippen molar-refractivity contribution in [3.63, 3.8) is 0 Å². The van der Waals surface area contributed by atoms with Gasteiger partial charge >= 0.3 is 5.97 Å². The number of ether oxygens (including phenoxy) is 4. The molecule has 0 heterocycles. The monoisotopic (exact) mass is 1450 g/mol. The molecule has 15 nitrogen and oxygen atoms in total. The van der Waals surface area contributed by atoms with E-state index in [4.69, 9.17) is 70.6 Å². The van der Waals surface area contributed by atoms with Crippen molar-refractivity contribution in [3.05, 3.63) is 342 Å². The summed E-state index contributed by atoms with van der Waals surface area (Å²) < 4.78 is 44.6. The highest BCUT2D eigenvalue weighted by Gasteiger charge is 2.15. The van der Waals surface area contributed by atoms with Gasteiger partial charge in [-0.15, -0.1) is 0 Å². The third-order valence-electron chi connectivity index (χ3n) is 15.9. The van der Waals surface area contributed by atoms with Crippen LogP contribution >= 0.6 is 0 Å². The molecular formula is C91H104F2N10O5. The average Bonchev–Trinajstić information content (AvgIpc) is 0.806. The largest absolute Gasteiger partial charge is 0.495 e. The molecule has 0 saturated carbocycles. The predicted molar refractivity (Wildman–Crippen MR) is 453 cm³/mol. The minimum absolute atomic E-state index is 0.104. The van der Waals surface area contributed by atoms with E-state index >= 15 is 0 Å². The highest BCUT2D eigenvalue weighted by Crippen LogP contribution is 2.37. The van der Waals surface area contributed by atoms with Gasteiger partial charge in [0.1, 0.15) is 28.9 Å². The van der Waals surface area contributed by atoms with Crippen LogP contribution in [0.3, 0.4) is 0 Å². The number of esters is 1. The van der Waals surface area contributed by atoms with E-state index in [0.717, 1.165) is 87.2 Å². The van der Waals surface area contributed by atoms with Crippen LogP contribution in [0.15, 0.2) is 297 Å². The van der Waals surface area contributed by atoms with Crippen LogP contribution < -0.4 is 70.7 Å². The third kappa shape index (κ3) is 30.3. The molecule has 13 aromatic carbocycles. The molecule has 0 aliphatic carbocycles. The number of anilines is 12. The van der Waals surface area contributed by atoms with E-state index in [1.54, 1.807) is 25.3 Å². The Kier molecular flexibility index (Phi) is 36.3. The lowest BCUT2D eigenvalue weighted by molar-refractivity contribution is 0.0447. The Morgan fingerprint density at radius 1 is 0.389 bits per heavy atom. The maximum atomic E-state index is 12.1. The maximum absolute atomic E-state index is 12.1. The topological polar surface area (TPSA) is 291 Å². The van der Waals surface area contributed by atoms with Crippen LogP contribution in [0.1, 0.15) is 65.4 Å². The Balaban J connectivity index is 0.000000221. The van der Waals surface area contributed by atoms with Crippen molar-refractivity contribution in [1.29, 1.82) is 0 Å². The fourth-order valence-corrected chi connectivity index (χ4v) is 10.1. The molecule has 0 spiro atoms. The summed E-state index contributed by atoms with van der Waals surface area (Å²) in [6.07, 6.45) is 0.984. The molecule has 0 aliphatic rings. The summed E-state index contributed by atoms with van der Waals surface area (Å²) in [4.78, 5) is 13.9. The Hall–Kier alpha value is -13.2. The first-order chi connectivity index (χ1) is 51.8. The molecule has 17 heteroatoms. The van der Waals surface area contributed by atoms with Gasteiger partial charge in [-0.3, -0.25) is 0 Å². The van der Waals surface area contributed by atoms with Gasteiger partial charge in [0.05, 0.1) is 61.4 Å². The minimum Gasteiger partial charge on any atom is -0.495 e. The fraction of sp³-hybridized carbons (Fsp3) is 0.154. The second-order valence-corrected chi connectivity index (χ2v) is 24.9. The lowest BCUT2D eigenvalue weighted by Crippen LogP contribution is -2.12. The van der Waals surface area contributed by atoms with Crippen molar-refractivity contribution in [1.82, 2.24) is 0 Å². The van der Waals surface area contributed by atoms with Crippen LogP contribution in [0.25, 0.3) is 21.9 Å². The Labute approximate surface area is 636 Å². The van der Waals surface area contributed by atoms with Crippen molar-refractivity contribution in [3.8, 4) is 28.4 Å². The molecule has 0 aliphatic heterocycles. The number of carbonyl (C=O) groups is 1. The van der Waals surface area contributed by atoms with E-state index in [2.05, 4.69) is 79.4 Å². The summed E-state index contributed by atoms with van der Waals surface area (Å²) in [5.41, 5.74) is 68.7. The molecule has 13 rings (SSSR count). The van der Waals surface area contributed by atoms with Gasteiger partial charge in [-0.25, -0.2) is 13.6 Å². The summed E-state index contributed by atoms with van der Waals surface area (Å²) in [7, 11) is 3.15. The number of benzene rings is 13. The number of para-hydroxylation sites is 6. The predicted octanol–water partition coefficient (Wildman–Crippen LogP) is 21.1. The molecule has 0 aromatic heterocycles. The van der Waals surface area contributed by atoms with Crippen molar-refractivity contribution >= 4 is 85.0 Å². The average molecular weight is 1460 g/mol. The number of halogens is 2. The van der Waals surface area contributed by atoms with Crippen molar-refractivity contribution < 1.29 is 32.5 Å². The SMILES string of the molecule is CCC(C)COC(=O)c1ccc(OC)c(N)c1.CCOc1ccccc1N.COc1ccc(C)cc1N.Cc1cc(C)c(N)c(C)c1.Cc1cccc(N)c1.Nc1cc(F)cc(F)c1.Nc1ccc(-c2ccccc2)cc1.Nc1ccc2ccccc2c1.Nc1ccccc1N(c1ccccc1)c1ccccc1. The molecular weight excluding hydrogens is 1350 g/mol. The second-order valence-electron chi connectivity index (χ2n) is 24.9. The van der Waals surface area contributed by atoms with Crippen LogP contribution in [0.4, 0.5) is 77.0 Å². The number of fused-ring (bicyclic) bond motifs is 1. The van der Waals surface area contributed by atoms with E-state index in [0.29, 0.717) is 47.5 Å². The van der Waals surface area contributed by atoms with Crippen molar-refractivity contribution in [2.24, 2.45) is 5.92 Å². The molecule has 1 atom stereocenters. The highest BCUT2D eigenvalue weighted by atomic mass is 19.1. The van der Waals surface area contributed by atoms with E-state index in [-0.39, 0.29) is 11.7 Å².